The van der Waals surface area contributed by atoms with Crippen LogP contribution in [0, 0.1) is 0 Å². The maximum atomic E-state index is 12.1. The minimum absolute atomic E-state index is 0.179. The third-order valence-corrected chi connectivity index (χ3v) is 4.03. The molecule has 0 fully saturated rings. The van der Waals surface area contributed by atoms with E-state index >= 15 is 0 Å². The summed E-state index contributed by atoms with van der Waals surface area (Å²) in [5.74, 6) is 0.218. The average molecular weight is 426 g/mol. The van der Waals surface area contributed by atoms with Gasteiger partial charge in [-0.2, -0.15) is 0 Å². The maximum Gasteiger partial charge on any atom is 0.271 e. The Morgan fingerprint density at radius 3 is 2.48 bits per heavy atom. The van der Waals surface area contributed by atoms with Crippen LogP contribution in [0.2, 0.25) is 0 Å². The van der Waals surface area contributed by atoms with Gasteiger partial charge in [0.25, 0.3) is 5.91 Å². The molecule has 6 nitrogen and oxygen atoms in total. The Balaban J connectivity index is 1.52. The lowest BCUT2D eigenvalue weighted by Gasteiger charge is -2.08. The molecule has 2 amide bonds. The lowest BCUT2D eigenvalue weighted by molar-refractivity contribution is -0.121. The van der Waals surface area contributed by atoms with Gasteiger partial charge in [-0.3, -0.25) is 20.4 Å². The van der Waals surface area contributed by atoms with Crippen molar-refractivity contribution in [3.8, 4) is 11.6 Å². The molecule has 0 aliphatic carbocycles. The smallest absolute Gasteiger partial charge is 0.271 e. The summed E-state index contributed by atoms with van der Waals surface area (Å²) >= 11 is 3.37. The van der Waals surface area contributed by atoms with E-state index in [-0.39, 0.29) is 12.3 Å². The Bertz CT molecular complexity index is 931. The number of amides is 2. The van der Waals surface area contributed by atoms with Crippen LogP contribution in [0.15, 0.2) is 77.4 Å². The van der Waals surface area contributed by atoms with Crippen molar-refractivity contribution in [2.75, 3.05) is 0 Å². The van der Waals surface area contributed by atoms with Gasteiger partial charge in [0, 0.05) is 16.7 Å². The van der Waals surface area contributed by atoms with Gasteiger partial charge in [0.1, 0.15) is 5.75 Å². The SMILES string of the molecule is O=C(Cc1ccccc1)NNC(=O)c1ccc(Oc2cccc(Br)c2)nc1. The summed E-state index contributed by atoms with van der Waals surface area (Å²) < 4.78 is 6.51. The molecule has 0 spiro atoms. The van der Waals surface area contributed by atoms with E-state index in [2.05, 4.69) is 31.8 Å². The monoisotopic (exact) mass is 425 g/mol. The quantitative estimate of drug-likeness (QED) is 0.611. The molecule has 1 aromatic heterocycles. The Kier molecular flexibility index (Phi) is 6.17. The molecule has 2 N–H and O–H groups in total. The van der Waals surface area contributed by atoms with Crippen LogP contribution in [-0.4, -0.2) is 16.8 Å². The van der Waals surface area contributed by atoms with Gasteiger partial charge < -0.3 is 4.74 Å². The van der Waals surface area contributed by atoms with Crippen molar-refractivity contribution in [2.45, 2.75) is 6.42 Å². The zero-order valence-electron chi connectivity index (χ0n) is 14.2. The second-order valence-corrected chi connectivity index (χ2v) is 6.52. The summed E-state index contributed by atoms with van der Waals surface area (Å²) in [7, 11) is 0. The Labute approximate surface area is 164 Å². The number of aromatic nitrogens is 1. The molecule has 27 heavy (non-hydrogen) atoms. The maximum absolute atomic E-state index is 12.1. The summed E-state index contributed by atoms with van der Waals surface area (Å²) in [5.41, 5.74) is 5.92. The van der Waals surface area contributed by atoms with Crippen LogP contribution in [0.1, 0.15) is 15.9 Å². The third kappa shape index (κ3) is 5.65. The van der Waals surface area contributed by atoms with Crippen molar-refractivity contribution in [1.82, 2.24) is 15.8 Å². The van der Waals surface area contributed by atoms with E-state index in [9.17, 15) is 9.59 Å². The summed E-state index contributed by atoms with van der Waals surface area (Å²) in [6, 6.07) is 19.8. The van der Waals surface area contributed by atoms with Gasteiger partial charge >= 0.3 is 0 Å². The number of ether oxygens (including phenoxy) is 1. The highest BCUT2D eigenvalue weighted by Gasteiger charge is 2.09. The normalized spacial score (nSPS) is 10.1. The van der Waals surface area contributed by atoms with E-state index in [4.69, 9.17) is 4.74 Å². The molecule has 0 bridgehead atoms. The number of hydrazine groups is 1. The van der Waals surface area contributed by atoms with E-state index in [1.54, 1.807) is 18.2 Å². The number of benzene rings is 2. The number of hydrogen-bond acceptors (Lipinski definition) is 4. The van der Waals surface area contributed by atoms with Crippen molar-refractivity contribution >= 4 is 27.7 Å². The molecule has 3 aromatic rings. The largest absolute Gasteiger partial charge is 0.439 e. The van der Waals surface area contributed by atoms with Crippen molar-refractivity contribution in [3.05, 3.63) is 88.5 Å². The molecular formula is C20H16BrN3O3. The third-order valence-electron chi connectivity index (χ3n) is 3.54. The predicted octanol–water partition coefficient (Wildman–Crippen LogP) is 3.64. The van der Waals surface area contributed by atoms with Gasteiger partial charge in [0.05, 0.1) is 12.0 Å². The second kappa shape index (κ2) is 8.95. The first-order chi connectivity index (χ1) is 13.1. The number of pyridine rings is 1. The fourth-order valence-electron chi connectivity index (χ4n) is 2.25. The van der Waals surface area contributed by atoms with Gasteiger partial charge in [-0.25, -0.2) is 4.98 Å². The number of carbonyl (C=O) groups excluding carboxylic acids is 2. The van der Waals surface area contributed by atoms with Crippen LogP contribution in [0.5, 0.6) is 11.6 Å². The van der Waals surface area contributed by atoms with E-state index in [0.29, 0.717) is 17.2 Å². The van der Waals surface area contributed by atoms with E-state index < -0.39 is 5.91 Å². The molecule has 7 heteroatoms. The number of hydrogen-bond donors (Lipinski definition) is 2. The highest BCUT2D eigenvalue weighted by molar-refractivity contribution is 9.10. The lowest BCUT2D eigenvalue weighted by atomic mass is 10.1. The number of rotatable bonds is 5. The minimum atomic E-state index is -0.460. The molecule has 0 aliphatic heterocycles. The standard InChI is InChI=1S/C20H16BrN3O3/c21-16-7-4-8-17(12-16)27-19-10-9-15(13-22-19)20(26)24-23-18(25)11-14-5-2-1-3-6-14/h1-10,12-13H,11H2,(H,23,25)(H,24,26). The fourth-order valence-corrected chi connectivity index (χ4v) is 2.63. The molecule has 0 unspecified atom stereocenters. The number of halogens is 1. The van der Waals surface area contributed by atoms with Crippen molar-refractivity contribution in [1.29, 1.82) is 0 Å². The van der Waals surface area contributed by atoms with E-state index in [0.717, 1.165) is 10.0 Å². The molecule has 0 saturated heterocycles. The van der Waals surface area contributed by atoms with Gasteiger partial charge in [-0.1, -0.05) is 52.3 Å². The van der Waals surface area contributed by atoms with Crippen LogP contribution >= 0.6 is 15.9 Å². The summed E-state index contributed by atoms with van der Waals surface area (Å²) in [6.45, 7) is 0. The Hall–Kier alpha value is -3.19. The van der Waals surface area contributed by atoms with Crippen LogP contribution in [0.25, 0.3) is 0 Å². The first kappa shape index (κ1) is 18.6. The van der Waals surface area contributed by atoms with Gasteiger partial charge in [0.2, 0.25) is 11.8 Å². The van der Waals surface area contributed by atoms with Crippen molar-refractivity contribution in [2.24, 2.45) is 0 Å². The summed E-state index contributed by atoms with van der Waals surface area (Å²) in [6.07, 6.45) is 1.56. The second-order valence-electron chi connectivity index (χ2n) is 5.61. The molecule has 3 rings (SSSR count). The lowest BCUT2D eigenvalue weighted by Crippen LogP contribution is -2.42. The van der Waals surface area contributed by atoms with Gasteiger partial charge in [0.15, 0.2) is 0 Å². The van der Waals surface area contributed by atoms with Gasteiger partial charge in [-0.05, 0) is 29.8 Å². The molecule has 1 heterocycles. The van der Waals surface area contributed by atoms with Gasteiger partial charge in [-0.15, -0.1) is 0 Å². The first-order valence-electron chi connectivity index (χ1n) is 8.13. The molecule has 0 atom stereocenters. The zero-order valence-corrected chi connectivity index (χ0v) is 15.8. The molecule has 0 saturated carbocycles. The molecule has 136 valence electrons. The van der Waals surface area contributed by atoms with Crippen LogP contribution in [0.3, 0.4) is 0 Å². The highest BCUT2D eigenvalue weighted by Crippen LogP contribution is 2.22. The predicted molar refractivity (Wildman–Crippen MR) is 104 cm³/mol. The highest BCUT2D eigenvalue weighted by atomic mass is 79.9. The minimum Gasteiger partial charge on any atom is -0.439 e. The van der Waals surface area contributed by atoms with E-state index in [1.165, 1.54) is 6.20 Å². The number of nitrogens with zero attached hydrogens (tertiary/aromatic N) is 1. The summed E-state index contributed by atoms with van der Waals surface area (Å²) in [5, 5.41) is 0. The molecule has 2 aromatic carbocycles. The first-order valence-corrected chi connectivity index (χ1v) is 8.92. The molecule has 0 radical (unpaired) electrons. The van der Waals surface area contributed by atoms with Crippen LogP contribution < -0.4 is 15.6 Å². The fraction of sp³-hybridized carbons (Fsp3) is 0.0500. The van der Waals surface area contributed by atoms with Crippen molar-refractivity contribution < 1.29 is 14.3 Å². The van der Waals surface area contributed by atoms with Crippen LogP contribution in [-0.2, 0) is 11.2 Å². The van der Waals surface area contributed by atoms with Crippen LogP contribution in [0.4, 0.5) is 0 Å². The zero-order chi connectivity index (χ0) is 19.1. The molecular weight excluding hydrogens is 410 g/mol. The topological polar surface area (TPSA) is 80.3 Å². The average Bonchev–Trinajstić information content (AvgIpc) is 2.67. The summed E-state index contributed by atoms with van der Waals surface area (Å²) in [4.78, 5) is 28.1. The van der Waals surface area contributed by atoms with Crippen molar-refractivity contribution in [3.63, 3.8) is 0 Å². The Morgan fingerprint density at radius 2 is 1.78 bits per heavy atom. The van der Waals surface area contributed by atoms with E-state index in [1.807, 2.05) is 48.5 Å². The number of nitrogens with one attached hydrogen (secondary N) is 2. The molecule has 0 aliphatic rings. The Morgan fingerprint density at radius 1 is 0.963 bits per heavy atom. The number of carbonyl (C=O) groups is 2.